The summed E-state index contributed by atoms with van der Waals surface area (Å²) in [6.07, 6.45) is 8.86. The highest BCUT2D eigenvalue weighted by Gasteiger charge is 2.27. The SMILES string of the molecule is CC1CCCN2CCC=CC12. The Labute approximate surface area is 69.1 Å². The number of rotatable bonds is 0. The minimum atomic E-state index is 0.775. The first-order valence-corrected chi connectivity index (χ1v) is 4.78. The molecule has 0 N–H and O–H groups in total. The highest BCUT2D eigenvalue weighted by Crippen LogP contribution is 2.26. The standard InChI is InChI=1S/C10H17N/c1-9-5-4-8-11-7-3-2-6-10(9)11/h2,6,9-10H,3-5,7-8H2,1H3. The molecule has 0 aromatic rings. The van der Waals surface area contributed by atoms with Crippen molar-refractivity contribution in [1.82, 2.24) is 4.90 Å². The third-order valence-corrected chi connectivity index (χ3v) is 3.03. The Morgan fingerprint density at radius 1 is 1.36 bits per heavy atom. The fraction of sp³-hybridized carbons (Fsp3) is 0.800. The molecule has 0 bridgehead atoms. The largest absolute Gasteiger partial charge is 0.296 e. The van der Waals surface area contributed by atoms with Crippen molar-refractivity contribution in [2.75, 3.05) is 13.1 Å². The molecule has 1 nitrogen and oxygen atoms in total. The first-order valence-electron chi connectivity index (χ1n) is 4.78. The van der Waals surface area contributed by atoms with Gasteiger partial charge in [0.1, 0.15) is 0 Å². The smallest absolute Gasteiger partial charge is 0.0303 e. The van der Waals surface area contributed by atoms with Gasteiger partial charge in [0.05, 0.1) is 0 Å². The molecule has 2 aliphatic heterocycles. The quantitative estimate of drug-likeness (QED) is 0.479. The molecular formula is C10H17N. The normalized spacial score (nSPS) is 38.6. The zero-order valence-electron chi connectivity index (χ0n) is 7.29. The van der Waals surface area contributed by atoms with Gasteiger partial charge in [0.2, 0.25) is 0 Å². The van der Waals surface area contributed by atoms with Gasteiger partial charge in [0.25, 0.3) is 0 Å². The predicted molar refractivity (Wildman–Crippen MR) is 47.5 cm³/mol. The van der Waals surface area contributed by atoms with Crippen LogP contribution in [0.1, 0.15) is 26.2 Å². The van der Waals surface area contributed by atoms with Crippen LogP contribution in [0.2, 0.25) is 0 Å². The van der Waals surface area contributed by atoms with E-state index in [9.17, 15) is 0 Å². The summed E-state index contributed by atoms with van der Waals surface area (Å²) >= 11 is 0. The van der Waals surface area contributed by atoms with E-state index in [0.717, 1.165) is 12.0 Å². The fourth-order valence-electron chi connectivity index (χ4n) is 2.34. The second-order valence-corrected chi connectivity index (χ2v) is 3.86. The van der Waals surface area contributed by atoms with E-state index in [2.05, 4.69) is 24.0 Å². The molecule has 1 fully saturated rings. The lowest BCUT2D eigenvalue weighted by molar-refractivity contribution is 0.128. The average Bonchev–Trinajstić information content (AvgIpc) is 2.06. The fourth-order valence-corrected chi connectivity index (χ4v) is 2.34. The van der Waals surface area contributed by atoms with Crippen LogP contribution in [0.15, 0.2) is 12.2 Å². The van der Waals surface area contributed by atoms with Crippen molar-refractivity contribution in [2.24, 2.45) is 5.92 Å². The molecule has 62 valence electrons. The van der Waals surface area contributed by atoms with Gasteiger partial charge in [0.15, 0.2) is 0 Å². The molecule has 2 atom stereocenters. The summed E-state index contributed by atoms with van der Waals surface area (Å²) in [5.74, 6) is 0.889. The van der Waals surface area contributed by atoms with E-state index < -0.39 is 0 Å². The third kappa shape index (κ3) is 1.34. The molecule has 2 heterocycles. The Kier molecular flexibility index (Phi) is 1.99. The van der Waals surface area contributed by atoms with Gasteiger partial charge >= 0.3 is 0 Å². The molecule has 0 aromatic heterocycles. The molecule has 11 heavy (non-hydrogen) atoms. The van der Waals surface area contributed by atoms with Crippen molar-refractivity contribution in [3.63, 3.8) is 0 Å². The van der Waals surface area contributed by atoms with E-state index in [1.54, 1.807) is 0 Å². The summed E-state index contributed by atoms with van der Waals surface area (Å²) in [5, 5.41) is 0. The Morgan fingerprint density at radius 2 is 2.27 bits per heavy atom. The van der Waals surface area contributed by atoms with Crippen LogP contribution in [0.4, 0.5) is 0 Å². The molecule has 1 saturated heterocycles. The van der Waals surface area contributed by atoms with E-state index in [1.807, 2.05) is 0 Å². The van der Waals surface area contributed by atoms with Crippen LogP contribution in [-0.4, -0.2) is 24.0 Å². The average molecular weight is 151 g/mol. The number of nitrogens with zero attached hydrogens (tertiary/aromatic N) is 1. The van der Waals surface area contributed by atoms with Crippen LogP contribution in [-0.2, 0) is 0 Å². The van der Waals surface area contributed by atoms with Crippen LogP contribution in [0.5, 0.6) is 0 Å². The third-order valence-electron chi connectivity index (χ3n) is 3.03. The second kappa shape index (κ2) is 2.98. The first-order chi connectivity index (χ1) is 5.38. The number of fused-ring (bicyclic) bond motifs is 1. The molecular weight excluding hydrogens is 134 g/mol. The maximum atomic E-state index is 2.63. The monoisotopic (exact) mass is 151 g/mol. The van der Waals surface area contributed by atoms with E-state index >= 15 is 0 Å². The van der Waals surface area contributed by atoms with Gasteiger partial charge in [-0.3, -0.25) is 4.90 Å². The van der Waals surface area contributed by atoms with Crippen molar-refractivity contribution in [3.8, 4) is 0 Å². The molecule has 1 heteroatoms. The zero-order chi connectivity index (χ0) is 7.68. The summed E-state index contributed by atoms with van der Waals surface area (Å²) in [7, 11) is 0. The maximum absolute atomic E-state index is 2.63. The molecule has 0 spiro atoms. The molecule has 2 rings (SSSR count). The van der Waals surface area contributed by atoms with Crippen LogP contribution in [0, 0.1) is 5.92 Å². The number of hydrogen-bond donors (Lipinski definition) is 0. The van der Waals surface area contributed by atoms with E-state index in [1.165, 1.54) is 32.4 Å². The van der Waals surface area contributed by atoms with Crippen LogP contribution < -0.4 is 0 Å². The Morgan fingerprint density at radius 3 is 3.09 bits per heavy atom. The molecule has 0 aliphatic carbocycles. The highest BCUT2D eigenvalue weighted by atomic mass is 15.2. The van der Waals surface area contributed by atoms with Crippen LogP contribution >= 0.6 is 0 Å². The topological polar surface area (TPSA) is 3.24 Å². The van der Waals surface area contributed by atoms with Gasteiger partial charge in [-0.15, -0.1) is 0 Å². The summed E-state index contributed by atoms with van der Waals surface area (Å²) in [6, 6.07) is 0.775. The molecule has 2 unspecified atom stereocenters. The summed E-state index contributed by atoms with van der Waals surface area (Å²) in [4.78, 5) is 2.63. The maximum Gasteiger partial charge on any atom is 0.0303 e. The summed E-state index contributed by atoms with van der Waals surface area (Å²) < 4.78 is 0. The predicted octanol–water partition coefficient (Wildman–Crippen LogP) is 2.05. The van der Waals surface area contributed by atoms with Crippen molar-refractivity contribution >= 4 is 0 Å². The second-order valence-electron chi connectivity index (χ2n) is 3.86. The van der Waals surface area contributed by atoms with Crippen molar-refractivity contribution in [1.29, 1.82) is 0 Å². The van der Waals surface area contributed by atoms with Gasteiger partial charge in [0, 0.05) is 12.6 Å². The number of hydrogen-bond acceptors (Lipinski definition) is 1. The van der Waals surface area contributed by atoms with Gasteiger partial charge in [-0.25, -0.2) is 0 Å². The lowest BCUT2D eigenvalue weighted by atomic mass is 9.88. The lowest BCUT2D eigenvalue weighted by Gasteiger charge is -2.40. The number of piperidine rings is 1. The molecule has 0 aromatic carbocycles. The van der Waals surface area contributed by atoms with E-state index in [-0.39, 0.29) is 0 Å². The summed E-state index contributed by atoms with van der Waals surface area (Å²) in [5.41, 5.74) is 0. The molecule has 0 radical (unpaired) electrons. The minimum absolute atomic E-state index is 0.775. The van der Waals surface area contributed by atoms with Crippen LogP contribution in [0.3, 0.4) is 0 Å². The minimum Gasteiger partial charge on any atom is -0.296 e. The van der Waals surface area contributed by atoms with Crippen LogP contribution in [0.25, 0.3) is 0 Å². The van der Waals surface area contributed by atoms with Gasteiger partial charge in [-0.05, 0) is 31.7 Å². The Hall–Kier alpha value is -0.300. The van der Waals surface area contributed by atoms with Crippen molar-refractivity contribution < 1.29 is 0 Å². The van der Waals surface area contributed by atoms with Gasteiger partial charge in [-0.1, -0.05) is 19.1 Å². The Bertz CT molecular complexity index is 162. The van der Waals surface area contributed by atoms with Crippen molar-refractivity contribution in [3.05, 3.63) is 12.2 Å². The van der Waals surface area contributed by atoms with Gasteiger partial charge < -0.3 is 0 Å². The zero-order valence-corrected chi connectivity index (χ0v) is 7.29. The van der Waals surface area contributed by atoms with E-state index in [4.69, 9.17) is 0 Å². The molecule has 0 amide bonds. The summed E-state index contributed by atoms with van der Waals surface area (Å²) in [6.45, 7) is 5.01. The Balaban J connectivity index is 2.09. The van der Waals surface area contributed by atoms with Crippen molar-refractivity contribution in [2.45, 2.75) is 32.2 Å². The molecule has 0 saturated carbocycles. The highest BCUT2D eigenvalue weighted by molar-refractivity contribution is 5.03. The molecule has 2 aliphatic rings. The van der Waals surface area contributed by atoms with E-state index in [0.29, 0.717) is 0 Å². The lowest BCUT2D eigenvalue weighted by Crippen LogP contribution is -2.44. The first kappa shape index (κ1) is 7.35. The van der Waals surface area contributed by atoms with Gasteiger partial charge in [-0.2, -0.15) is 0 Å².